The maximum atomic E-state index is 4.84. The number of nitrogens with zero attached hydrogens (tertiary/aromatic N) is 4. The van der Waals surface area contributed by atoms with Crippen LogP contribution in [0.2, 0.25) is 0 Å². The van der Waals surface area contributed by atoms with Gasteiger partial charge in [0.1, 0.15) is 0 Å². The molecule has 0 aliphatic rings. The molecule has 0 saturated carbocycles. The third-order valence-electron chi connectivity index (χ3n) is 6.00. The number of hydrazone groups is 2. The fraction of sp³-hybridized carbons (Fsp3) is 0. The molecule has 5 rings (SSSR count). The number of rotatable bonds is 10. The van der Waals surface area contributed by atoms with Crippen LogP contribution in [0.5, 0.6) is 0 Å². The van der Waals surface area contributed by atoms with Gasteiger partial charge in [-0.1, -0.05) is 86.0 Å². The summed E-state index contributed by atoms with van der Waals surface area (Å²) in [6.07, 6.45) is 7.45. The van der Waals surface area contributed by atoms with Gasteiger partial charge in [-0.15, -0.1) is 11.3 Å². The maximum Gasteiger partial charge on any atom is 0.0653 e. The van der Waals surface area contributed by atoms with Crippen LogP contribution in [-0.2, 0) is 0 Å². The summed E-state index contributed by atoms with van der Waals surface area (Å²) in [5, 5.41) is 13.5. The van der Waals surface area contributed by atoms with Crippen LogP contribution in [0.15, 0.2) is 145 Å². The molecule has 0 fully saturated rings. The van der Waals surface area contributed by atoms with E-state index in [1.165, 1.54) is 0 Å². The van der Waals surface area contributed by atoms with Crippen molar-refractivity contribution in [1.29, 1.82) is 0 Å². The zero-order valence-electron chi connectivity index (χ0n) is 21.5. The Morgan fingerprint density at radius 2 is 0.821 bits per heavy atom. The van der Waals surface area contributed by atoms with E-state index in [0.29, 0.717) is 0 Å². The lowest BCUT2D eigenvalue weighted by Gasteiger charge is -2.19. The smallest absolute Gasteiger partial charge is 0.0653 e. The van der Waals surface area contributed by atoms with Crippen LogP contribution in [0.25, 0.3) is 12.2 Å². The van der Waals surface area contributed by atoms with Gasteiger partial charge in [0.2, 0.25) is 0 Å². The second-order valence-corrected chi connectivity index (χ2v) is 9.76. The monoisotopic (exact) mass is 524 g/mol. The lowest BCUT2D eigenvalue weighted by atomic mass is 10.2. The van der Waals surface area contributed by atoms with Crippen molar-refractivity contribution in [3.8, 4) is 0 Å². The summed E-state index contributed by atoms with van der Waals surface area (Å²) in [5.74, 6) is 0. The first kappa shape index (κ1) is 25.6. The Morgan fingerprint density at radius 1 is 0.462 bits per heavy atom. The minimum atomic E-state index is 0.974. The van der Waals surface area contributed by atoms with Gasteiger partial charge in [-0.2, -0.15) is 10.2 Å². The molecule has 4 aromatic carbocycles. The quantitative estimate of drug-likeness (QED) is 0.135. The van der Waals surface area contributed by atoms with Crippen LogP contribution in [0, 0.1) is 0 Å². The Morgan fingerprint density at radius 3 is 1.18 bits per heavy atom. The number of benzene rings is 4. The summed E-state index contributed by atoms with van der Waals surface area (Å²) >= 11 is 1.63. The summed E-state index contributed by atoms with van der Waals surface area (Å²) in [6, 6.07) is 40.7. The Balaban J connectivity index is 1.39. The van der Waals surface area contributed by atoms with Crippen LogP contribution >= 0.6 is 11.3 Å². The third-order valence-corrected chi connectivity index (χ3v) is 6.95. The molecule has 0 radical (unpaired) electrons. The molecule has 0 bridgehead atoms. The van der Waals surface area contributed by atoms with Crippen molar-refractivity contribution in [3.05, 3.63) is 155 Å². The summed E-state index contributed by atoms with van der Waals surface area (Å²) in [4.78, 5) is 2.06. The predicted molar refractivity (Wildman–Crippen MR) is 170 cm³/mol. The fourth-order valence-corrected chi connectivity index (χ4v) is 4.69. The van der Waals surface area contributed by atoms with E-state index in [-0.39, 0.29) is 0 Å². The molecule has 0 aliphatic heterocycles. The number of hydrogen-bond donors (Lipinski definition) is 0. The molecule has 0 spiro atoms. The fourth-order valence-electron chi connectivity index (χ4n) is 3.94. The first-order valence-electron chi connectivity index (χ1n) is 12.6. The van der Waals surface area contributed by atoms with Crippen molar-refractivity contribution in [2.24, 2.45) is 10.2 Å². The molecule has 5 aromatic rings. The van der Waals surface area contributed by atoms with Crippen LogP contribution in [0.4, 0.5) is 22.7 Å². The molecule has 0 saturated heterocycles. The Kier molecular flexibility index (Phi) is 8.22. The van der Waals surface area contributed by atoms with E-state index in [9.17, 15) is 0 Å². The average Bonchev–Trinajstić information content (AvgIpc) is 3.47. The van der Waals surface area contributed by atoms with Crippen molar-refractivity contribution in [1.82, 2.24) is 0 Å². The van der Waals surface area contributed by atoms with Crippen molar-refractivity contribution in [2.75, 3.05) is 10.0 Å². The van der Waals surface area contributed by atoms with E-state index >= 15 is 0 Å². The Bertz CT molecular complexity index is 1450. The van der Waals surface area contributed by atoms with E-state index in [0.717, 1.165) is 43.6 Å². The molecule has 1 aromatic heterocycles. The number of hydrogen-bond acceptors (Lipinski definition) is 5. The predicted octanol–water partition coefficient (Wildman–Crippen LogP) is 9.38. The van der Waals surface area contributed by atoms with Gasteiger partial charge in [0, 0.05) is 9.75 Å². The maximum absolute atomic E-state index is 4.84. The third kappa shape index (κ3) is 6.47. The van der Waals surface area contributed by atoms with Crippen molar-refractivity contribution in [3.63, 3.8) is 0 Å². The molecule has 0 amide bonds. The second-order valence-electron chi connectivity index (χ2n) is 8.62. The van der Waals surface area contributed by atoms with E-state index in [1.54, 1.807) is 11.3 Å². The van der Waals surface area contributed by atoms with Gasteiger partial charge in [0.05, 0.1) is 35.2 Å². The summed E-state index contributed by atoms with van der Waals surface area (Å²) in [7, 11) is 0. The molecule has 1 heterocycles. The Labute approximate surface area is 233 Å². The van der Waals surface area contributed by atoms with Gasteiger partial charge >= 0.3 is 0 Å². The first-order valence-corrected chi connectivity index (χ1v) is 13.4. The molecule has 0 N–H and O–H groups in total. The lowest BCUT2D eigenvalue weighted by molar-refractivity contribution is 1.09. The SMILES string of the molecule is C=Cc1ccc(N(/N=C/c2ccc(/C=N/N(c3ccccc3)c3ccc(C=C)cc3)s2)c2ccccc2)cc1. The van der Waals surface area contributed by atoms with Gasteiger partial charge < -0.3 is 0 Å². The van der Waals surface area contributed by atoms with Crippen LogP contribution in [0.3, 0.4) is 0 Å². The van der Waals surface area contributed by atoms with Gasteiger partial charge in [-0.3, -0.25) is 0 Å². The van der Waals surface area contributed by atoms with E-state index in [1.807, 2.05) is 144 Å². The minimum absolute atomic E-state index is 0.974. The van der Waals surface area contributed by atoms with Gasteiger partial charge in [0.15, 0.2) is 0 Å². The van der Waals surface area contributed by atoms with Gasteiger partial charge in [0.25, 0.3) is 0 Å². The van der Waals surface area contributed by atoms with E-state index in [2.05, 4.69) is 25.3 Å². The normalized spacial score (nSPS) is 11.1. The Hall–Kier alpha value is -5.00. The van der Waals surface area contributed by atoms with E-state index < -0.39 is 0 Å². The van der Waals surface area contributed by atoms with Crippen LogP contribution in [0.1, 0.15) is 20.9 Å². The van der Waals surface area contributed by atoms with Crippen LogP contribution in [-0.4, -0.2) is 12.4 Å². The molecule has 0 aliphatic carbocycles. The van der Waals surface area contributed by atoms with Crippen molar-refractivity contribution < 1.29 is 0 Å². The van der Waals surface area contributed by atoms with Gasteiger partial charge in [-0.25, -0.2) is 10.0 Å². The zero-order valence-corrected chi connectivity index (χ0v) is 22.3. The molecule has 4 nitrogen and oxygen atoms in total. The largest absolute Gasteiger partial charge is 0.234 e. The highest BCUT2D eigenvalue weighted by molar-refractivity contribution is 7.15. The van der Waals surface area contributed by atoms with Crippen molar-refractivity contribution in [2.45, 2.75) is 0 Å². The summed E-state index contributed by atoms with van der Waals surface area (Å²) < 4.78 is 0. The molecule has 39 heavy (non-hydrogen) atoms. The molecule has 190 valence electrons. The highest BCUT2D eigenvalue weighted by Crippen LogP contribution is 2.28. The highest BCUT2D eigenvalue weighted by atomic mass is 32.1. The molecular weight excluding hydrogens is 496 g/mol. The van der Waals surface area contributed by atoms with E-state index in [4.69, 9.17) is 10.2 Å². The topological polar surface area (TPSA) is 31.2 Å². The summed E-state index contributed by atoms with van der Waals surface area (Å²) in [5.41, 5.74) is 6.06. The average molecular weight is 525 g/mol. The number of para-hydroxylation sites is 2. The second kappa shape index (κ2) is 12.5. The van der Waals surface area contributed by atoms with Crippen molar-refractivity contribution >= 4 is 58.7 Å². The van der Waals surface area contributed by atoms with Crippen LogP contribution < -0.4 is 10.0 Å². The lowest BCUT2D eigenvalue weighted by Crippen LogP contribution is -2.09. The number of anilines is 4. The molecular formula is C34H28N4S. The summed E-state index contributed by atoms with van der Waals surface area (Å²) in [6.45, 7) is 7.70. The van der Waals surface area contributed by atoms with Gasteiger partial charge in [-0.05, 0) is 71.8 Å². The first-order chi connectivity index (χ1) is 19.2. The number of thiophene rings is 1. The minimum Gasteiger partial charge on any atom is -0.234 e. The molecule has 0 atom stereocenters. The standard InChI is InChI=1S/C34H28N4S/c1-3-27-15-19-31(20-16-27)37(29-11-7-5-8-12-29)35-25-33-23-24-34(39-33)26-36-38(30-13-9-6-10-14-30)32-21-17-28(4-2)18-22-32/h3-26H,1-2H2/b35-25+,36-26+. The zero-order chi connectivity index (χ0) is 26.9. The molecule has 5 heteroatoms. The highest BCUT2D eigenvalue weighted by Gasteiger charge is 2.09. The molecule has 0 unspecified atom stereocenters.